The number of fused-ring (bicyclic) bond motifs is 1. The fraction of sp³-hybridized carbons (Fsp3) is 0. The Bertz CT molecular complexity index is 1340. The molecule has 0 radical (unpaired) electrons. The zero-order chi connectivity index (χ0) is 20.3. The van der Waals surface area contributed by atoms with Crippen molar-refractivity contribution in [1.29, 1.82) is 0 Å². The zero-order valence-electron chi connectivity index (χ0n) is 15.9. The van der Waals surface area contributed by atoms with Gasteiger partial charge >= 0.3 is 0 Å². The van der Waals surface area contributed by atoms with Crippen molar-refractivity contribution in [2.45, 2.75) is 0 Å². The molecule has 5 rings (SSSR count). The summed E-state index contributed by atoms with van der Waals surface area (Å²) in [6.45, 7) is 0. The highest BCUT2D eigenvalue weighted by molar-refractivity contribution is 7.21. The molecule has 144 valence electrons. The third-order valence-electron chi connectivity index (χ3n) is 4.76. The third kappa shape index (κ3) is 3.71. The highest BCUT2D eigenvalue weighted by atomic mass is 32.1. The first-order chi connectivity index (χ1) is 14.8. The lowest BCUT2D eigenvalue weighted by molar-refractivity contribution is 0.477. The van der Waals surface area contributed by atoms with Gasteiger partial charge in [-0.05, 0) is 59.7 Å². The van der Waals surface area contributed by atoms with Gasteiger partial charge in [0.1, 0.15) is 10.8 Å². The van der Waals surface area contributed by atoms with E-state index in [0.717, 1.165) is 43.3 Å². The number of phenols is 1. The maximum Gasteiger partial charge on any atom is 0.128 e. The Morgan fingerprint density at radius 1 is 0.667 bits per heavy atom. The van der Waals surface area contributed by atoms with E-state index < -0.39 is 0 Å². The minimum atomic E-state index is 0.247. The van der Waals surface area contributed by atoms with Gasteiger partial charge in [0.2, 0.25) is 0 Å². The second kappa shape index (κ2) is 7.89. The summed E-state index contributed by atoms with van der Waals surface area (Å²) in [6.07, 6.45) is 0. The van der Waals surface area contributed by atoms with Gasteiger partial charge in [-0.15, -0.1) is 11.3 Å². The van der Waals surface area contributed by atoms with Gasteiger partial charge in [0.05, 0.1) is 27.2 Å². The van der Waals surface area contributed by atoms with Gasteiger partial charge < -0.3 is 5.11 Å². The maximum atomic E-state index is 10.1. The molecule has 0 unspecified atom stereocenters. The molecular formula is C25H17N3OS. The van der Waals surface area contributed by atoms with Gasteiger partial charge in [0, 0.05) is 0 Å². The smallest absolute Gasteiger partial charge is 0.128 e. The Balaban J connectivity index is 1.42. The van der Waals surface area contributed by atoms with Crippen molar-refractivity contribution in [2.75, 3.05) is 0 Å². The second-order valence-corrected chi connectivity index (χ2v) is 7.83. The summed E-state index contributed by atoms with van der Waals surface area (Å²) in [7, 11) is 0. The van der Waals surface area contributed by atoms with Crippen molar-refractivity contribution in [3.63, 3.8) is 0 Å². The molecule has 0 saturated heterocycles. The number of rotatable bonds is 4. The van der Waals surface area contributed by atoms with Gasteiger partial charge in [-0.2, -0.15) is 10.2 Å². The SMILES string of the molecule is Oc1ccccc1-c1nc2cc(-c3ccc(N=Nc4ccccc4)cc3)ccc2s1. The van der Waals surface area contributed by atoms with Crippen LogP contribution in [-0.2, 0) is 0 Å². The summed E-state index contributed by atoms with van der Waals surface area (Å²) in [5, 5.41) is 19.5. The molecule has 0 bridgehead atoms. The van der Waals surface area contributed by atoms with Crippen molar-refractivity contribution >= 4 is 32.9 Å². The van der Waals surface area contributed by atoms with Crippen molar-refractivity contribution in [2.24, 2.45) is 10.2 Å². The van der Waals surface area contributed by atoms with Crippen molar-refractivity contribution in [1.82, 2.24) is 4.98 Å². The Morgan fingerprint density at radius 2 is 1.33 bits per heavy atom. The molecule has 0 saturated carbocycles. The number of aromatic hydroxyl groups is 1. The minimum Gasteiger partial charge on any atom is -0.507 e. The number of nitrogens with zero attached hydrogens (tertiary/aromatic N) is 3. The molecular weight excluding hydrogens is 390 g/mol. The fourth-order valence-corrected chi connectivity index (χ4v) is 4.19. The van der Waals surface area contributed by atoms with Crippen LogP contribution < -0.4 is 0 Å². The van der Waals surface area contributed by atoms with Crippen molar-refractivity contribution in [3.05, 3.63) is 97.1 Å². The van der Waals surface area contributed by atoms with E-state index in [1.165, 1.54) is 0 Å². The van der Waals surface area contributed by atoms with Crippen LogP contribution in [0.5, 0.6) is 5.75 Å². The van der Waals surface area contributed by atoms with Crippen molar-refractivity contribution < 1.29 is 5.11 Å². The van der Waals surface area contributed by atoms with E-state index in [9.17, 15) is 5.11 Å². The molecule has 0 atom stereocenters. The first kappa shape index (κ1) is 18.2. The summed E-state index contributed by atoms with van der Waals surface area (Å²) >= 11 is 1.58. The first-order valence-electron chi connectivity index (χ1n) is 9.52. The van der Waals surface area contributed by atoms with Gasteiger partial charge in [-0.1, -0.05) is 48.5 Å². The van der Waals surface area contributed by atoms with Gasteiger partial charge in [0.25, 0.3) is 0 Å². The standard InChI is InChI=1S/C25H17N3OS/c29-23-9-5-4-8-21(23)25-26-22-16-18(12-15-24(22)30-25)17-10-13-20(14-11-17)28-27-19-6-2-1-3-7-19/h1-16,29H. The number of phenolic OH excluding ortho intramolecular Hbond substituents is 1. The van der Waals surface area contributed by atoms with Crippen LogP contribution in [0.15, 0.2) is 107 Å². The van der Waals surface area contributed by atoms with E-state index in [0.29, 0.717) is 0 Å². The summed E-state index contributed by atoms with van der Waals surface area (Å²) in [5.41, 5.74) is 5.49. The maximum absolute atomic E-state index is 10.1. The summed E-state index contributed by atoms with van der Waals surface area (Å²) in [5.74, 6) is 0.247. The molecule has 1 aromatic heterocycles. The molecule has 4 nitrogen and oxygen atoms in total. The number of aromatic nitrogens is 1. The topological polar surface area (TPSA) is 57.8 Å². The second-order valence-electron chi connectivity index (χ2n) is 6.80. The summed E-state index contributed by atoms with van der Waals surface area (Å²) in [4.78, 5) is 4.74. The molecule has 30 heavy (non-hydrogen) atoms. The molecule has 0 spiro atoms. The van der Waals surface area contributed by atoms with Crippen LogP contribution in [0, 0.1) is 0 Å². The number of para-hydroxylation sites is 1. The van der Waals surface area contributed by atoms with Crippen molar-refractivity contribution in [3.8, 4) is 27.4 Å². The van der Waals surface area contributed by atoms with Crippen LogP contribution in [0.3, 0.4) is 0 Å². The number of azo groups is 1. The molecule has 1 N–H and O–H groups in total. The Labute approximate surface area is 177 Å². The lowest BCUT2D eigenvalue weighted by Gasteiger charge is -2.02. The van der Waals surface area contributed by atoms with Crippen LogP contribution in [0.2, 0.25) is 0 Å². The van der Waals surface area contributed by atoms with E-state index >= 15 is 0 Å². The lowest BCUT2D eigenvalue weighted by atomic mass is 10.1. The largest absolute Gasteiger partial charge is 0.507 e. The highest BCUT2D eigenvalue weighted by Gasteiger charge is 2.10. The number of hydrogen-bond donors (Lipinski definition) is 1. The average molecular weight is 407 g/mol. The number of thiazole rings is 1. The van der Waals surface area contributed by atoms with Gasteiger partial charge in [-0.3, -0.25) is 0 Å². The quantitative estimate of drug-likeness (QED) is 0.310. The van der Waals surface area contributed by atoms with E-state index in [1.807, 2.05) is 72.8 Å². The van der Waals surface area contributed by atoms with Crippen LogP contribution in [0.25, 0.3) is 31.9 Å². The first-order valence-corrected chi connectivity index (χ1v) is 10.3. The number of hydrogen-bond acceptors (Lipinski definition) is 5. The molecule has 0 amide bonds. The normalized spacial score (nSPS) is 11.3. The molecule has 5 aromatic rings. The van der Waals surface area contributed by atoms with E-state index in [2.05, 4.69) is 28.4 Å². The van der Waals surface area contributed by atoms with Crippen LogP contribution in [0.4, 0.5) is 11.4 Å². The van der Waals surface area contributed by atoms with E-state index in [1.54, 1.807) is 17.4 Å². The van der Waals surface area contributed by atoms with Crippen LogP contribution in [0.1, 0.15) is 0 Å². The van der Waals surface area contributed by atoms with Gasteiger partial charge in [-0.25, -0.2) is 4.98 Å². The monoisotopic (exact) mass is 407 g/mol. The molecule has 0 fully saturated rings. The molecule has 1 heterocycles. The molecule has 4 aromatic carbocycles. The molecule has 0 aliphatic heterocycles. The molecule has 0 aliphatic carbocycles. The molecule has 0 aliphatic rings. The predicted octanol–water partition coefficient (Wildman–Crippen LogP) is 7.75. The van der Waals surface area contributed by atoms with Crippen LogP contribution in [-0.4, -0.2) is 10.1 Å². The summed E-state index contributed by atoms with van der Waals surface area (Å²) in [6, 6.07) is 31.2. The summed E-state index contributed by atoms with van der Waals surface area (Å²) < 4.78 is 1.09. The third-order valence-corrected chi connectivity index (χ3v) is 5.83. The van der Waals surface area contributed by atoms with E-state index in [-0.39, 0.29) is 5.75 Å². The predicted molar refractivity (Wildman–Crippen MR) is 123 cm³/mol. The lowest BCUT2D eigenvalue weighted by Crippen LogP contribution is -1.79. The average Bonchev–Trinajstić information content (AvgIpc) is 3.22. The Morgan fingerprint density at radius 3 is 2.10 bits per heavy atom. The van der Waals surface area contributed by atoms with Crippen LogP contribution >= 0.6 is 11.3 Å². The molecule has 5 heteroatoms. The minimum absolute atomic E-state index is 0.247. The highest BCUT2D eigenvalue weighted by Crippen LogP contribution is 2.36. The Kier molecular flexibility index (Phi) is 4.79. The van der Waals surface area contributed by atoms with E-state index in [4.69, 9.17) is 4.98 Å². The number of benzene rings is 4. The fourth-order valence-electron chi connectivity index (χ4n) is 3.21. The van der Waals surface area contributed by atoms with Gasteiger partial charge in [0.15, 0.2) is 0 Å². The Hall–Kier alpha value is -3.83. The zero-order valence-corrected chi connectivity index (χ0v) is 16.8.